The molecule has 2 aromatic heterocycles. The van der Waals surface area contributed by atoms with Crippen LogP contribution in [-0.2, 0) is 6.42 Å². The highest BCUT2D eigenvalue weighted by Crippen LogP contribution is 2.43. The monoisotopic (exact) mass is 637 g/mol. The van der Waals surface area contributed by atoms with Crippen LogP contribution in [-0.4, -0.2) is 14.5 Å². The molecule has 0 amide bonds. The summed E-state index contributed by atoms with van der Waals surface area (Å²) in [7, 11) is 0. The van der Waals surface area contributed by atoms with Crippen LogP contribution in [0.5, 0.6) is 0 Å². The van der Waals surface area contributed by atoms with Gasteiger partial charge in [0.1, 0.15) is 0 Å². The molecule has 0 saturated carbocycles. The standard InChI is InChI=1S/C47H31N3/c1-4-14-31(15-5-1)36-26-37(28-38(27-36)50-43-22-12-10-20-39(43)40-21-11-13-23-44(40)50)34-24-25-35-30-42-45(32-16-6-2-7-17-32)48-47(33-18-8-3-9-19-33)49-46(42)41(35)29-34/h1-29H,30H2. The topological polar surface area (TPSA) is 30.7 Å². The molecule has 0 N–H and O–H groups in total. The van der Waals surface area contributed by atoms with Crippen molar-refractivity contribution in [2.45, 2.75) is 6.42 Å². The Labute approximate surface area is 290 Å². The van der Waals surface area contributed by atoms with E-state index in [1.165, 1.54) is 55.2 Å². The highest BCUT2D eigenvalue weighted by molar-refractivity contribution is 6.09. The molecule has 0 aliphatic heterocycles. The summed E-state index contributed by atoms with van der Waals surface area (Å²) in [5.74, 6) is 0.751. The summed E-state index contributed by atoms with van der Waals surface area (Å²) in [5.41, 5.74) is 16.0. The van der Waals surface area contributed by atoms with Crippen LogP contribution >= 0.6 is 0 Å². The second kappa shape index (κ2) is 11.5. The van der Waals surface area contributed by atoms with Gasteiger partial charge in [0.2, 0.25) is 0 Å². The highest BCUT2D eigenvalue weighted by atomic mass is 15.0. The number of benzene rings is 7. The minimum absolute atomic E-state index is 0.751. The second-order valence-corrected chi connectivity index (χ2v) is 13.0. The van der Waals surface area contributed by atoms with E-state index in [1.807, 2.05) is 6.07 Å². The van der Waals surface area contributed by atoms with Crippen molar-refractivity contribution < 1.29 is 0 Å². The number of aromatic nitrogens is 3. The van der Waals surface area contributed by atoms with E-state index >= 15 is 0 Å². The molecule has 0 atom stereocenters. The summed E-state index contributed by atoms with van der Waals surface area (Å²) in [6, 6.07) is 62.9. The Bertz CT molecular complexity index is 2660. The number of para-hydroxylation sites is 2. The molecule has 0 unspecified atom stereocenters. The molecule has 0 spiro atoms. The molecule has 1 aliphatic carbocycles. The van der Waals surface area contributed by atoms with E-state index in [2.05, 4.69) is 174 Å². The van der Waals surface area contributed by atoms with Crippen LogP contribution in [0.1, 0.15) is 11.1 Å². The molecule has 50 heavy (non-hydrogen) atoms. The Hall–Kier alpha value is -6.58. The maximum atomic E-state index is 5.26. The molecular formula is C47H31N3. The van der Waals surface area contributed by atoms with Crippen molar-refractivity contribution >= 4 is 21.8 Å². The Kier molecular flexibility index (Phi) is 6.56. The van der Waals surface area contributed by atoms with Crippen molar-refractivity contribution in [3.05, 3.63) is 187 Å². The van der Waals surface area contributed by atoms with Crippen molar-refractivity contribution in [3.63, 3.8) is 0 Å². The van der Waals surface area contributed by atoms with Crippen LogP contribution in [0, 0.1) is 0 Å². The highest BCUT2D eigenvalue weighted by Gasteiger charge is 2.27. The lowest BCUT2D eigenvalue weighted by Crippen LogP contribution is -1.99. The zero-order chi connectivity index (χ0) is 33.0. The van der Waals surface area contributed by atoms with Crippen molar-refractivity contribution in [1.29, 1.82) is 0 Å². The maximum absolute atomic E-state index is 5.26. The zero-order valence-electron chi connectivity index (χ0n) is 27.3. The van der Waals surface area contributed by atoms with E-state index in [1.54, 1.807) is 0 Å². The Morgan fingerprint density at radius 3 is 1.60 bits per heavy atom. The predicted molar refractivity (Wildman–Crippen MR) is 206 cm³/mol. The normalized spacial score (nSPS) is 11.9. The Morgan fingerprint density at radius 2 is 0.940 bits per heavy atom. The largest absolute Gasteiger partial charge is 0.309 e. The summed E-state index contributed by atoms with van der Waals surface area (Å²) in [6.07, 6.45) is 0.806. The fraction of sp³-hybridized carbons (Fsp3) is 0.0213. The SMILES string of the molecule is c1ccc(-c2cc(-c3ccc4c(c3)-c3nc(-c5ccccc5)nc(-c5ccccc5)c3C4)cc(-n3c4ccccc4c4ccccc43)c2)cc1. The third-order valence-electron chi connectivity index (χ3n) is 10.0. The molecule has 3 nitrogen and oxygen atoms in total. The lowest BCUT2D eigenvalue weighted by Gasteiger charge is -2.15. The van der Waals surface area contributed by atoms with Crippen LogP contribution in [0.25, 0.3) is 83.6 Å². The number of nitrogens with zero attached hydrogens (tertiary/aromatic N) is 3. The first-order chi connectivity index (χ1) is 24.8. The summed E-state index contributed by atoms with van der Waals surface area (Å²) in [5, 5.41) is 2.51. The fourth-order valence-electron chi connectivity index (χ4n) is 7.65. The lowest BCUT2D eigenvalue weighted by molar-refractivity contribution is 1.13. The summed E-state index contributed by atoms with van der Waals surface area (Å²) < 4.78 is 2.41. The number of rotatable bonds is 5. The Balaban J connectivity index is 1.19. The number of hydrogen-bond donors (Lipinski definition) is 0. The third kappa shape index (κ3) is 4.67. The Morgan fingerprint density at radius 1 is 0.400 bits per heavy atom. The molecule has 7 aromatic carbocycles. The van der Waals surface area contributed by atoms with E-state index in [0.717, 1.165) is 46.0 Å². The van der Waals surface area contributed by atoms with Gasteiger partial charge < -0.3 is 4.57 Å². The molecule has 10 rings (SSSR count). The van der Waals surface area contributed by atoms with Gasteiger partial charge in [0.15, 0.2) is 5.82 Å². The van der Waals surface area contributed by atoms with Crippen molar-refractivity contribution in [2.24, 2.45) is 0 Å². The molecule has 0 radical (unpaired) electrons. The second-order valence-electron chi connectivity index (χ2n) is 13.0. The molecule has 234 valence electrons. The van der Waals surface area contributed by atoms with Gasteiger partial charge in [-0.2, -0.15) is 0 Å². The molecule has 1 aliphatic rings. The van der Waals surface area contributed by atoms with E-state index in [0.29, 0.717) is 0 Å². The first kappa shape index (κ1) is 28.4. The number of hydrogen-bond acceptors (Lipinski definition) is 2. The molecule has 0 saturated heterocycles. The van der Waals surface area contributed by atoms with Gasteiger partial charge in [-0.3, -0.25) is 0 Å². The van der Waals surface area contributed by atoms with Crippen LogP contribution in [0.4, 0.5) is 0 Å². The molecular weight excluding hydrogens is 607 g/mol. The summed E-state index contributed by atoms with van der Waals surface area (Å²) >= 11 is 0. The number of fused-ring (bicyclic) bond motifs is 6. The molecule has 0 fully saturated rings. The van der Waals surface area contributed by atoms with Gasteiger partial charge in [-0.25, -0.2) is 9.97 Å². The molecule has 9 aromatic rings. The quantitative estimate of drug-likeness (QED) is 0.188. The average Bonchev–Trinajstić information content (AvgIpc) is 3.74. The van der Waals surface area contributed by atoms with Gasteiger partial charge in [0.05, 0.1) is 22.4 Å². The van der Waals surface area contributed by atoms with Gasteiger partial charge in [0.25, 0.3) is 0 Å². The van der Waals surface area contributed by atoms with Gasteiger partial charge >= 0.3 is 0 Å². The summed E-state index contributed by atoms with van der Waals surface area (Å²) in [6.45, 7) is 0. The average molecular weight is 638 g/mol. The van der Waals surface area contributed by atoms with E-state index in [4.69, 9.17) is 9.97 Å². The van der Waals surface area contributed by atoms with E-state index in [-0.39, 0.29) is 0 Å². The van der Waals surface area contributed by atoms with Crippen LogP contribution in [0.3, 0.4) is 0 Å². The zero-order valence-corrected chi connectivity index (χ0v) is 27.3. The van der Waals surface area contributed by atoms with Crippen LogP contribution < -0.4 is 0 Å². The van der Waals surface area contributed by atoms with Crippen molar-refractivity contribution in [3.8, 4) is 61.8 Å². The predicted octanol–water partition coefficient (Wildman–Crippen LogP) is 11.8. The van der Waals surface area contributed by atoms with Crippen LogP contribution in [0.2, 0.25) is 0 Å². The first-order valence-corrected chi connectivity index (χ1v) is 17.1. The van der Waals surface area contributed by atoms with Gasteiger partial charge in [0, 0.05) is 45.1 Å². The minimum atomic E-state index is 0.751. The van der Waals surface area contributed by atoms with Crippen molar-refractivity contribution in [1.82, 2.24) is 14.5 Å². The lowest BCUT2D eigenvalue weighted by atomic mass is 9.95. The smallest absolute Gasteiger partial charge is 0.160 e. The van der Waals surface area contributed by atoms with Crippen LogP contribution in [0.15, 0.2) is 176 Å². The van der Waals surface area contributed by atoms with Crippen molar-refractivity contribution in [2.75, 3.05) is 0 Å². The van der Waals surface area contributed by atoms with Gasteiger partial charge in [-0.05, 0) is 64.2 Å². The molecule has 0 bridgehead atoms. The third-order valence-corrected chi connectivity index (χ3v) is 10.0. The van der Waals surface area contributed by atoms with Gasteiger partial charge in [-0.15, -0.1) is 0 Å². The molecule has 2 heterocycles. The summed E-state index contributed by atoms with van der Waals surface area (Å²) in [4.78, 5) is 10.4. The fourth-order valence-corrected chi connectivity index (χ4v) is 7.65. The van der Waals surface area contributed by atoms with E-state index in [9.17, 15) is 0 Å². The van der Waals surface area contributed by atoms with E-state index < -0.39 is 0 Å². The maximum Gasteiger partial charge on any atom is 0.160 e. The minimum Gasteiger partial charge on any atom is -0.309 e. The van der Waals surface area contributed by atoms with Gasteiger partial charge in [-0.1, -0.05) is 140 Å². The first-order valence-electron chi connectivity index (χ1n) is 17.1. The molecule has 3 heteroatoms.